The number of hydrogen-bond acceptors (Lipinski definition) is 10. The number of nitrogens with zero attached hydrogens (tertiary/aromatic N) is 15. The van der Waals surface area contributed by atoms with Crippen LogP contribution in [0.15, 0.2) is 184 Å². The quantitative estimate of drug-likeness (QED) is 0.152. The van der Waals surface area contributed by atoms with Crippen LogP contribution in [0, 0.1) is 34.6 Å². The van der Waals surface area contributed by atoms with Gasteiger partial charge in [-0.1, -0.05) is 157 Å². The van der Waals surface area contributed by atoms with E-state index < -0.39 is 0 Å². The van der Waals surface area contributed by atoms with Crippen LogP contribution in [0.2, 0.25) is 0 Å². The molecule has 0 saturated carbocycles. The molecule has 10 aromatic rings. The summed E-state index contributed by atoms with van der Waals surface area (Å²) in [5.41, 5.74) is 11.0. The number of aryl methyl sites for hydroxylation is 10. The van der Waals surface area contributed by atoms with Gasteiger partial charge in [-0.05, 0) is 107 Å². The second-order valence-corrected chi connectivity index (χ2v) is 16.1. The van der Waals surface area contributed by atoms with Gasteiger partial charge in [0.05, 0.1) is 99.9 Å². The molecule has 0 bridgehead atoms. The number of hydrogen-bond donors (Lipinski definition) is 0. The van der Waals surface area contributed by atoms with E-state index in [-0.39, 0.29) is 0 Å². The molecule has 0 radical (unpaired) electrons. The summed E-state index contributed by atoms with van der Waals surface area (Å²) >= 11 is 0. The molecule has 0 aliphatic rings. The lowest BCUT2D eigenvalue weighted by Crippen LogP contribution is -2.31. The van der Waals surface area contributed by atoms with Gasteiger partial charge in [0.15, 0.2) is 0 Å². The fourth-order valence-electron chi connectivity index (χ4n) is 7.09. The molecule has 0 spiro atoms. The Bertz CT molecular complexity index is 2550. The molecule has 0 saturated heterocycles. The van der Waals surface area contributed by atoms with E-state index >= 15 is 0 Å². The first-order chi connectivity index (χ1) is 43.9. The number of rotatable bonds is 5. The van der Waals surface area contributed by atoms with Gasteiger partial charge in [-0.25, -0.2) is 32.8 Å². The van der Waals surface area contributed by atoms with Gasteiger partial charge in [-0.15, -0.1) is 0 Å². The van der Waals surface area contributed by atoms with Crippen molar-refractivity contribution in [2.75, 3.05) is 0 Å². The first kappa shape index (κ1) is 89.9. The van der Waals surface area contributed by atoms with Crippen LogP contribution in [0.4, 0.5) is 0 Å². The van der Waals surface area contributed by atoms with Crippen LogP contribution in [0.3, 0.4) is 0 Å². The molecule has 0 aliphatic heterocycles. The lowest BCUT2D eigenvalue weighted by molar-refractivity contribution is -0.663. The lowest BCUT2D eigenvalue weighted by Gasteiger charge is -2.00. The van der Waals surface area contributed by atoms with E-state index in [1.54, 1.807) is 55.9 Å². The molecular formula is C75H120N15+5. The molecule has 15 nitrogen and oxygen atoms in total. The van der Waals surface area contributed by atoms with Gasteiger partial charge in [-0.3, -0.25) is 15.0 Å². The van der Waals surface area contributed by atoms with Crippen molar-refractivity contribution in [2.24, 2.45) is 35.2 Å². The number of pyridine rings is 3. The second kappa shape index (κ2) is 60.4. The molecule has 0 N–H and O–H groups in total. The third-order valence-electron chi connectivity index (χ3n) is 11.0. The summed E-state index contributed by atoms with van der Waals surface area (Å²) in [6, 6.07) is 25.8. The Hall–Kier alpha value is -8.85. The molecule has 0 amide bonds. The minimum atomic E-state index is 0.880. The van der Waals surface area contributed by atoms with Crippen molar-refractivity contribution in [3.8, 4) is 56.9 Å². The van der Waals surface area contributed by atoms with E-state index in [0.29, 0.717) is 0 Å². The molecule has 1 aromatic carbocycles. The van der Waals surface area contributed by atoms with E-state index in [9.17, 15) is 0 Å². The minimum Gasteiger partial charge on any atom is -0.264 e. The highest BCUT2D eigenvalue weighted by Crippen LogP contribution is 2.19. The van der Waals surface area contributed by atoms with Gasteiger partial charge in [0.25, 0.3) is 0 Å². The number of benzene rings is 1. The van der Waals surface area contributed by atoms with E-state index in [4.69, 9.17) is 0 Å². The van der Waals surface area contributed by atoms with Crippen LogP contribution in [-0.2, 0) is 35.2 Å². The zero-order chi connectivity index (χ0) is 69.8. The highest BCUT2D eigenvalue weighted by molar-refractivity contribution is 5.58. The maximum atomic E-state index is 4.37. The van der Waals surface area contributed by atoms with Crippen LogP contribution in [0.25, 0.3) is 56.9 Å². The topological polar surface area (TPSA) is 148 Å². The first-order valence-electron chi connectivity index (χ1n) is 32.5. The molecule has 0 atom stereocenters. The third kappa shape index (κ3) is 32.9. The SMILES string of the molecule is CC.CC.CC.CC.CC.CC.CC.CC.CC.CC.Cc1ccccc1-c1nccc[n+]1C.Cc1ccncc1-c1nccc[n+]1C.Cc1cnccc1-c1nccc[n+]1C.Cc1ncccc1-c1nccc[n+]1C.Cc1ncncc1-c1nccc[n+]1C. The number of aromatic nitrogens is 15. The highest BCUT2D eigenvalue weighted by Gasteiger charge is 2.17. The highest BCUT2D eigenvalue weighted by atomic mass is 15.0. The zero-order valence-corrected chi connectivity index (χ0v) is 61.5. The maximum Gasteiger partial charge on any atom is 0.333 e. The van der Waals surface area contributed by atoms with Crippen LogP contribution in [-0.4, -0.2) is 49.8 Å². The summed E-state index contributed by atoms with van der Waals surface area (Å²) in [6.45, 7) is 50.1. The van der Waals surface area contributed by atoms with Crippen molar-refractivity contribution in [3.63, 3.8) is 0 Å². The van der Waals surface area contributed by atoms with Crippen molar-refractivity contribution in [3.05, 3.63) is 212 Å². The summed E-state index contributed by atoms with van der Waals surface area (Å²) in [4.78, 5) is 42.2. The van der Waals surface area contributed by atoms with Crippen LogP contribution >= 0.6 is 0 Å². The van der Waals surface area contributed by atoms with Crippen molar-refractivity contribution in [1.29, 1.82) is 0 Å². The van der Waals surface area contributed by atoms with Gasteiger partial charge in [0, 0.05) is 67.5 Å². The van der Waals surface area contributed by atoms with Crippen molar-refractivity contribution < 1.29 is 22.8 Å². The molecule has 0 aliphatic carbocycles. The largest absolute Gasteiger partial charge is 0.333 e. The Balaban J connectivity index is -0.000000312. The van der Waals surface area contributed by atoms with E-state index in [0.717, 1.165) is 68.3 Å². The Morgan fingerprint density at radius 2 is 0.533 bits per heavy atom. The Labute approximate surface area is 547 Å². The first-order valence-corrected chi connectivity index (χ1v) is 32.5. The van der Waals surface area contributed by atoms with Crippen molar-refractivity contribution >= 4 is 0 Å². The molecule has 9 aromatic heterocycles. The average molecular weight is 1230 g/mol. The summed E-state index contributed by atoms with van der Waals surface area (Å²) in [5.74, 6) is 4.74. The maximum absolute atomic E-state index is 4.37. The summed E-state index contributed by atoms with van der Waals surface area (Å²) in [6.07, 6.45) is 31.3. The molecule has 15 heteroatoms. The predicted octanol–water partition coefficient (Wildman–Crippen LogP) is 16.6. The van der Waals surface area contributed by atoms with Gasteiger partial charge < -0.3 is 0 Å². The zero-order valence-electron chi connectivity index (χ0n) is 61.5. The van der Waals surface area contributed by atoms with Crippen molar-refractivity contribution in [2.45, 2.75) is 173 Å². The Kier molecular flexibility index (Phi) is 60.4. The second-order valence-electron chi connectivity index (χ2n) is 16.1. The Morgan fingerprint density at radius 1 is 0.233 bits per heavy atom. The standard InChI is InChI=1S/C12H13N2.3C11H12N3.C10H11N4.10C2H6/c1-10-6-3-4-7-11(10)12-13-8-5-9-14(12)2;1-9-8-12-6-4-10(9)11-13-5-3-7-14(11)2;1-9-4-6-12-8-10(9)11-13-5-3-7-14(11)2;1-9-10(5-3-6-12-9)11-13-7-4-8-14(11)2;1-8-9(6-11-7-13-8)10-12-4-3-5-14(10)2;10*1-2/h3-9H,1-2H3;3*3-8H,1-2H3;3-7H,1-2H3;10*1-2H3/q5*+1;;;;;;;;;;. The summed E-state index contributed by atoms with van der Waals surface area (Å²) < 4.78 is 9.96. The molecule has 0 fully saturated rings. The fourth-order valence-corrected chi connectivity index (χ4v) is 7.09. The van der Waals surface area contributed by atoms with E-state index in [2.05, 4.69) is 75.8 Å². The lowest BCUT2D eigenvalue weighted by atomic mass is 10.1. The van der Waals surface area contributed by atoms with Gasteiger partial charge in [-0.2, -0.15) is 0 Å². The minimum absolute atomic E-state index is 0.880. The summed E-state index contributed by atoms with van der Waals surface area (Å²) in [7, 11) is 9.91. The van der Waals surface area contributed by atoms with Gasteiger partial charge in [0.1, 0.15) is 42.9 Å². The van der Waals surface area contributed by atoms with Gasteiger partial charge >= 0.3 is 29.1 Å². The average Bonchev–Trinajstić information content (AvgIpc) is 2.35. The van der Waals surface area contributed by atoms with E-state index in [1.165, 1.54) is 16.7 Å². The Morgan fingerprint density at radius 3 is 0.900 bits per heavy atom. The van der Waals surface area contributed by atoms with Crippen LogP contribution in [0.5, 0.6) is 0 Å². The summed E-state index contributed by atoms with van der Waals surface area (Å²) in [5, 5.41) is 0. The molecule has 90 heavy (non-hydrogen) atoms. The monoisotopic (exact) mass is 1230 g/mol. The van der Waals surface area contributed by atoms with E-state index in [1.807, 2.05) is 334 Å². The predicted molar refractivity (Wildman–Crippen MR) is 380 cm³/mol. The molecule has 10 rings (SSSR count). The fraction of sp³-hybridized carbons (Fsp3) is 0.400. The molecule has 9 heterocycles. The van der Waals surface area contributed by atoms with Crippen LogP contribution < -0.4 is 22.8 Å². The van der Waals surface area contributed by atoms with Crippen molar-refractivity contribution in [1.82, 2.24) is 49.8 Å². The normalized spacial score (nSPS) is 8.56. The molecule has 490 valence electrons. The molecular weight excluding hydrogens is 1110 g/mol. The molecule has 0 unspecified atom stereocenters. The van der Waals surface area contributed by atoms with Crippen LogP contribution in [0.1, 0.15) is 167 Å². The third-order valence-corrected chi connectivity index (χ3v) is 11.0. The van der Waals surface area contributed by atoms with Gasteiger partial charge in [0.2, 0.25) is 0 Å². The smallest absolute Gasteiger partial charge is 0.264 e.